The SMILES string of the molecule is COC(CN(C)C(=O)C(C(=O)N(C)CC(OC)OC)c1ccccc1)OC. The summed E-state index contributed by atoms with van der Waals surface area (Å²) in [6, 6.07) is 8.94. The molecule has 0 aliphatic rings. The highest BCUT2D eigenvalue weighted by atomic mass is 16.7. The number of carbonyl (C=O) groups is 2. The third kappa shape index (κ3) is 6.59. The van der Waals surface area contributed by atoms with Crippen LogP contribution in [0.2, 0.25) is 0 Å². The second-order valence-electron chi connectivity index (χ2n) is 6.08. The predicted octanol–water partition coefficient (Wildman–Crippen LogP) is 0.925. The summed E-state index contributed by atoms with van der Waals surface area (Å²) in [6.07, 6.45) is -1.15. The van der Waals surface area contributed by atoms with Crippen molar-refractivity contribution in [1.29, 1.82) is 0 Å². The van der Waals surface area contributed by atoms with E-state index in [4.69, 9.17) is 18.9 Å². The third-order valence-corrected chi connectivity index (χ3v) is 4.28. The van der Waals surface area contributed by atoms with Crippen LogP contribution in [0.1, 0.15) is 11.5 Å². The normalized spacial score (nSPS) is 11.3. The van der Waals surface area contributed by atoms with Gasteiger partial charge in [-0.3, -0.25) is 9.59 Å². The Morgan fingerprint density at radius 2 is 1.15 bits per heavy atom. The van der Waals surface area contributed by atoms with Crippen LogP contribution in [0.25, 0.3) is 0 Å². The molecule has 0 N–H and O–H groups in total. The van der Waals surface area contributed by atoms with Crippen LogP contribution in [0.15, 0.2) is 30.3 Å². The van der Waals surface area contributed by atoms with Gasteiger partial charge in [-0.05, 0) is 5.56 Å². The molecule has 0 fully saturated rings. The van der Waals surface area contributed by atoms with Crippen molar-refractivity contribution in [2.45, 2.75) is 18.5 Å². The predicted molar refractivity (Wildman–Crippen MR) is 100 cm³/mol. The minimum absolute atomic E-state index is 0.199. The molecule has 1 aromatic carbocycles. The summed E-state index contributed by atoms with van der Waals surface area (Å²) in [5.41, 5.74) is 0.615. The number of hydrogen-bond acceptors (Lipinski definition) is 6. The van der Waals surface area contributed by atoms with Gasteiger partial charge in [-0.2, -0.15) is 0 Å². The molecular formula is C19H30N2O6. The topological polar surface area (TPSA) is 77.5 Å². The zero-order chi connectivity index (χ0) is 20.4. The fourth-order valence-electron chi connectivity index (χ4n) is 2.59. The van der Waals surface area contributed by atoms with Crippen LogP contribution in [-0.2, 0) is 28.5 Å². The molecule has 0 saturated carbocycles. The van der Waals surface area contributed by atoms with Gasteiger partial charge < -0.3 is 28.7 Å². The third-order valence-electron chi connectivity index (χ3n) is 4.28. The van der Waals surface area contributed by atoms with Crippen LogP contribution in [0.5, 0.6) is 0 Å². The summed E-state index contributed by atoms with van der Waals surface area (Å²) >= 11 is 0. The van der Waals surface area contributed by atoms with Crippen molar-refractivity contribution < 1.29 is 28.5 Å². The fraction of sp³-hybridized carbons (Fsp3) is 0.579. The minimum atomic E-state index is -0.982. The summed E-state index contributed by atoms with van der Waals surface area (Å²) in [5, 5.41) is 0. The van der Waals surface area contributed by atoms with E-state index in [-0.39, 0.29) is 24.9 Å². The van der Waals surface area contributed by atoms with Crippen molar-refractivity contribution in [2.24, 2.45) is 0 Å². The molecule has 8 heteroatoms. The first-order valence-electron chi connectivity index (χ1n) is 8.55. The van der Waals surface area contributed by atoms with Crippen LogP contribution in [0.3, 0.4) is 0 Å². The molecule has 152 valence electrons. The molecule has 0 radical (unpaired) electrons. The van der Waals surface area contributed by atoms with Gasteiger partial charge in [0, 0.05) is 42.5 Å². The van der Waals surface area contributed by atoms with Gasteiger partial charge in [0.25, 0.3) is 0 Å². The van der Waals surface area contributed by atoms with Crippen molar-refractivity contribution in [2.75, 3.05) is 55.6 Å². The molecule has 0 aliphatic heterocycles. The molecule has 0 unspecified atom stereocenters. The van der Waals surface area contributed by atoms with Crippen molar-refractivity contribution >= 4 is 11.8 Å². The zero-order valence-electron chi connectivity index (χ0n) is 16.9. The van der Waals surface area contributed by atoms with E-state index in [9.17, 15) is 9.59 Å². The highest BCUT2D eigenvalue weighted by Crippen LogP contribution is 2.21. The number of methoxy groups -OCH3 is 4. The van der Waals surface area contributed by atoms with Gasteiger partial charge in [0.1, 0.15) is 5.92 Å². The molecule has 0 aromatic heterocycles. The molecule has 0 atom stereocenters. The Balaban J connectivity index is 3.06. The molecule has 2 amide bonds. The van der Waals surface area contributed by atoms with Crippen LogP contribution in [0.4, 0.5) is 0 Å². The van der Waals surface area contributed by atoms with Crippen LogP contribution in [0, 0.1) is 0 Å². The van der Waals surface area contributed by atoms with Gasteiger partial charge in [-0.1, -0.05) is 30.3 Å². The van der Waals surface area contributed by atoms with Gasteiger partial charge in [0.2, 0.25) is 11.8 Å². The van der Waals surface area contributed by atoms with E-state index in [1.54, 1.807) is 38.4 Å². The first-order chi connectivity index (χ1) is 12.9. The number of carbonyl (C=O) groups excluding carboxylic acids is 2. The van der Waals surface area contributed by atoms with Gasteiger partial charge in [-0.15, -0.1) is 0 Å². The summed E-state index contributed by atoms with van der Waals surface area (Å²) in [7, 11) is 9.21. The van der Waals surface area contributed by atoms with Crippen molar-refractivity contribution in [3.8, 4) is 0 Å². The van der Waals surface area contributed by atoms with E-state index >= 15 is 0 Å². The zero-order valence-corrected chi connectivity index (χ0v) is 16.9. The maximum absolute atomic E-state index is 13.1. The lowest BCUT2D eigenvalue weighted by Gasteiger charge is -2.29. The highest BCUT2D eigenvalue weighted by molar-refractivity contribution is 6.05. The number of hydrogen-bond donors (Lipinski definition) is 0. The van der Waals surface area contributed by atoms with E-state index in [2.05, 4.69) is 0 Å². The quantitative estimate of drug-likeness (QED) is 0.418. The molecule has 0 spiro atoms. The second-order valence-corrected chi connectivity index (χ2v) is 6.08. The Kier molecular flexibility index (Phi) is 9.95. The molecule has 0 heterocycles. The Hall–Kier alpha value is -2.00. The molecule has 1 aromatic rings. The molecule has 27 heavy (non-hydrogen) atoms. The summed E-state index contributed by atoms with van der Waals surface area (Å²) in [6.45, 7) is 0.399. The molecular weight excluding hydrogens is 352 g/mol. The molecule has 0 bridgehead atoms. The van der Waals surface area contributed by atoms with Crippen molar-refractivity contribution in [3.05, 3.63) is 35.9 Å². The number of likely N-dealkylation sites (N-methyl/N-ethyl adjacent to an activating group) is 2. The second kappa shape index (κ2) is 11.7. The fourth-order valence-corrected chi connectivity index (χ4v) is 2.59. The molecule has 1 rings (SSSR count). The Morgan fingerprint density at radius 3 is 1.48 bits per heavy atom. The lowest BCUT2D eigenvalue weighted by molar-refractivity contribution is -0.153. The van der Waals surface area contributed by atoms with Crippen LogP contribution in [-0.4, -0.2) is 89.8 Å². The number of ether oxygens (including phenoxy) is 4. The average Bonchev–Trinajstić information content (AvgIpc) is 2.70. The van der Waals surface area contributed by atoms with E-state index in [1.807, 2.05) is 6.07 Å². The maximum atomic E-state index is 13.1. The highest BCUT2D eigenvalue weighted by Gasteiger charge is 2.34. The van der Waals surface area contributed by atoms with Crippen LogP contribution < -0.4 is 0 Å². The van der Waals surface area contributed by atoms with Gasteiger partial charge in [-0.25, -0.2) is 0 Å². The first kappa shape index (κ1) is 23.0. The molecule has 8 nitrogen and oxygen atoms in total. The van der Waals surface area contributed by atoms with E-state index in [0.29, 0.717) is 5.56 Å². The van der Waals surface area contributed by atoms with E-state index in [0.717, 1.165) is 0 Å². The maximum Gasteiger partial charge on any atom is 0.239 e. The Labute approximate surface area is 160 Å². The van der Waals surface area contributed by atoms with E-state index in [1.165, 1.54) is 38.2 Å². The standard InChI is InChI=1S/C19H30N2O6/c1-20(12-15(24-3)25-4)18(22)17(14-10-8-7-9-11-14)19(23)21(2)13-16(26-5)27-6/h7-11,15-17H,12-13H2,1-6H3. The number of benzene rings is 1. The Bertz CT molecular complexity index is 543. The van der Waals surface area contributed by atoms with Gasteiger partial charge in [0.05, 0.1) is 13.1 Å². The number of rotatable bonds is 11. The van der Waals surface area contributed by atoms with Crippen molar-refractivity contribution in [3.63, 3.8) is 0 Å². The smallest absolute Gasteiger partial charge is 0.239 e. The first-order valence-corrected chi connectivity index (χ1v) is 8.55. The molecule has 0 aliphatic carbocycles. The van der Waals surface area contributed by atoms with E-state index < -0.39 is 18.5 Å². The lowest BCUT2D eigenvalue weighted by atomic mass is 9.96. The monoisotopic (exact) mass is 382 g/mol. The number of amides is 2. The minimum Gasteiger partial charge on any atom is -0.354 e. The average molecular weight is 382 g/mol. The van der Waals surface area contributed by atoms with Crippen molar-refractivity contribution in [1.82, 2.24) is 9.80 Å². The van der Waals surface area contributed by atoms with Gasteiger partial charge in [0.15, 0.2) is 12.6 Å². The summed E-state index contributed by atoms with van der Waals surface area (Å²) in [5.74, 6) is -1.67. The number of nitrogens with zero attached hydrogens (tertiary/aromatic N) is 2. The Morgan fingerprint density at radius 1 is 0.778 bits per heavy atom. The summed E-state index contributed by atoms with van der Waals surface area (Å²) in [4.78, 5) is 29.0. The lowest BCUT2D eigenvalue weighted by Crippen LogP contribution is -2.46. The van der Waals surface area contributed by atoms with Crippen LogP contribution >= 0.6 is 0 Å². The van der Waals surface area contributed by atoms with Gasteiger partial charge >= 0.3 is 0 Å². The summed E-state index contributed by atoms with van der Waals surface area (Å²) < 4.78 is 20.6. The molecule has 0 saturated heterocycles. The largest absolute Gasteiger partial charge is 0.354 e.